The van der Waals surface area contributed by atoms with Crippen LogP contribution in [-0.2, 0) is 9.59 Å². The Hall–Kier alpha value is -1.64. The fourth-order valence-corrected chi connectivity index (χ4v) is 1.63. The predicted octanol–water partition coefficient (Wildman–Crippen LogP) is 2.15. The maximum absolute atomic E-state index is 11.1. The van der Waals surface area contributed by atoms with Crippen LogP contribution in [0.4, 0.5) is 0 Å². The van der Waals surface area contributed by atoms with Gasteiger partial charge in [-0.1, -0.05) is 36.8 Å². The summed E-state index contributed by atoms with van der Waals surface area (Å²) in [5.41, 5.74) is 2.46. The summed E-state index contributed by atoms with van der Waals surface area (Å²) in [6.07, 6.45) is 1.57. The van der Waals surface area contributed by atoms with E-state index in [9.17, 15) is 9.59 Å². The lowest BCUT2D eigenvalue weighted by atomic mass is 9.95. The van der Waals surface area contributed by atoms with Crippen molar-refractivity contribution in [2.75, 3.05) is 0 Å². The Kier molecular flexibility index (Phi) is 4.70. The fourth-order valence-electron chi connectivity index (χ4n) is 1.63. The van der Waals surface area contributed by atoms with Gasteiger partial charge in [-0.25, -0.2) is 0 Å². The first-order valence-corrected chi connectivity index (χ1v) is 5.43. The zero-order valence-electron chi connectivity index (χ0n) is 9.69. The SMILES string of the molecule is Cc1cccc(C(C)CCC(=O)NC=O)c1. The second-order valence-electron chi connectivity index (χ2n) is 4.04. The molecule has 0 bridgehead atoms. The highest BCUT2D eigenvalue weighted by Crippen LogP contribution is 2.21. The Morgan fingerprint density at radius 2 is 2.25 bits per heavy atom. The second-order valence-corrected chi connectivity index (χ2v) is 4.04. The summed E-state index contributed by atoms with van der Waals surface area (Å²) < 4.78 is 0. The molecule has 16 heavy (non-hydrogen) atoms. The first-order chi connectivity index (χ1) is 7.63. The Morgan fingerprint density at radius 3 is 2.88 bits per heavy atom. The molecule has 0 aliphatic rings. The van der Waals surface area contributed by atoms with E-state index in [1.807, 2.05) is 6.07 Å². The van der Waals surface area contributed by atoms with E-state index in [0.29, 0.717) is 18.7 Å². The van der Waals surface area contributed by atoms with Crippen LogP contribution < -0.4 is 5.32 Å². The largest absolute Gasteiger partial charge is 0.299 e. The number of carbonyl (C=O) groups is 2. The van der Waals surface area contributed by atoms with E-state index in [4.69, 9.17) is 0 Å². The van der Waals surface area contributed by atoms with E-state index in [-0.39, 0.29) is 5.91 Å². The van der Waals surface area contributed by atoms with E-state index in [1.165, 1.54) is 11.1 Å². The Labute approximate surface area is 95.9 Å². The van der Waals surface area contributed by atoms with E-state index in [2.05, 4.69) is 37.4 Å². The number of carbonyl (C=O) groups excluding carboxylic acids is 2. The van der Waals surface area contributed by atoms with Gasteiger partial charge in [0.25, 0.3) is 0 Å². The maximum atomic E-state index is 11.1. The smallest absolute Gasteiger partial charge is 0.226 e. The molecule has 1 atom stereocenters. The molecule has 0 aromatic heterocycles. The molecule has 0 radical (unpaired) electrons. The molecule has 0 saturated heterocycles. The van der Waals surface area contributed by atoms with Crippen molar-refractivity contribution in [2.45, 2.75) is 32.6 Å². The van der Waals surface area contributed by atoms with Gasteiger partial charge in [-0.15, -0.1) is 0 Å². The molecule has 0 saturated carbocycles. The summed E-state index contributed by atoms with van der Waals surface area (Å²) in [5, 5.41) is 2.14. The average molecular weight is 219 g/mol. The van der Waals surface area contributed by atoms with E-state index in [1.54, 1.807) is 0 Å². The highest BCUT2D eigenvalue weighted by atomic mass is 16.2. The number of rotatable bonds is 5. The molecule has 2 amide bonds. The van der Waals surface area contributed by atoms with Gasteiger partial charge >= 0.3 is 0 Å². The molecule has 86 valence electrons. The molecular formula is C13H17NO2. The lowest BCUT2D eigenvalue weighted by Crippen LogP contribution is -2.21. The summed E-state index contributed by atoms with van der Waals surface area (Å²) in [6, 6.07) is 8.26. The van der Waals surface area contributed by atoms with E-state index in [0.717, 1.165) is 6.42 Å². The minimum absolute atomic E-state index is 0.213. The van der Waals surface area contributed by atoms with Crippen molar-refractivity contribution in [3.8, 4) is 0 Å². The minimum atomic E-state index is -0.213. The van der Waals surface area contributed by atoms with Gasteiger partial charge in [-0.2, -0.15) is 0 Å². The number of imide groups is 1. The molecule has 0 spiro atoms. The maximum Gasteiger partial charge on any atom is 0.226 e. The van der Waals surface area contributed by atoms with Crippen LogP contribution in [0.3, 0.4) is 0 Å². The minimum Gasteiger partial charge on any atom is -0.299 e. The normalized spacial score (nSPS) is 11.9. The monoisotopic (exact) mass is 219 g/mol. The number of hydrogen-bond acceptors (Lipinski definition) is 2. The molecule has 0 aliphatic carbocycles. The van der Waals surface area contributed by atoms with Gasteiger partial charge in [0, 0.05) is 6.42 Å². The van der Waals surface area contributed by atoms with E-state index < -0.39 is 0 Å². The summed E-state index contributed by atoms with van der Waals surface area (Å²) in [5.74, 6) is 0.117. The molecule has 1 rings (SSSR count). The van der Waals surface area contributed by atoms with Crippen molar-refractivity contribution in [1.82, 2.24) is 5.32 Å². The molecule has 1 unspecified atom stereocenters. The van der Waals surface area contributed by atoms with Crippen LogP contribution in [0.25, 0.3) is 0 Å². The molecule has 0 heterocycles. The van der Waals surface area contributed by atoms with Crippen molar-refractivity contribution in [2.24, 2.45) is 0 Å². The molecule has 0 aliphatic heterocycles. The highest BCUT2D eigenvalue weighted by Gasteiger charge is 2.08. The van der Waals surface area contributed by atoms with Gasteiger partial charge in [0.05, 0.1) is 0 Å². The van der Waals surface area contributed by atoms with E-state index >= 15 is 0 Å². The second kappa shape index (κ2) is 6.05. The molecule has 3 nitrogen and oxygen atoms in total. The molecule has 1 N–H and O–H groups in total. The van der Waals surface area contributed by atoms with Crippen molar-refractivity contribution < 1.29 is 9.59 Å². The quantitative estimate of drug-likeness (QED) is 0.771. The third-order valence-corrected chi connectivity index (χ3v) is 2.64. The van der Waals surface area contributed by atoms with Gasteiger partial charge in [0.15, 0.2) is 0 Å². The van der Waals surface area contributed by atoms with Crippen LogP contribution >= 0.6 is 0 Å². The first kappa shape index (κ1) is 12.4. The zero-order chi connectivity index (χ0) is 12.0. The number of hydrogen-bond donors (Lipinski definition) is 1. The summed E-state index contributed by atoms with van der Waals surface area (Å²) in [6.45, 7) is 4.14. The van der Waals surface area contributed by atoms with Gasteiger partial charge in [-0.3, -0.25) is 14.9 Å². The van der Waals surface area contributed by atoms with Gasteiger partial charge < -0.3 is 0 Å². The summed E-state index contributed by atoms with van der Waals surface area (Å²) in [4.78, 5) is 21.1. The third-order valence-electron chi connectivity index (χ3n) is 2.64. The Bertz CT molecular complexity index is 374. The summed E-state index contributed by atoms with van der Waals surface area (Å²) >= 11 is 0. The lowest BCUT2D eigenvalue weighted by molar-refractivity contribution is -0.125. The number of nitrogens with one attached hydrogen (secondary N) is 1. The predicted molar refractivity (Wildman–Crippen MR) is 63.0 cm³/mol. The topological polar surface area (TPSA) is 46.2 Å². The van der Waals surface area contributed by atoms with Crippen LogP contribution in [0.5, 0.6) is 0 Å². The fraction of sp³-hybridized carbons (Fsp3) is 0.385. The van der Waals surface area contributed by atoms with Crippen molar-refractivity contribution >= 4 is 12.3 Å². The number of aryl methyl sites for hydroxylation is 1. The summed E-state index contributed by atoms with van der Waals surface area (Å²) in [7, 11) is 0. The van der Waals surface area contributed by atoms with Gasteiger partial charge in [0.2, 0.25) is 12.3 Å². The molecule has 3 heteroatoms. The molecule has 1 aromatic carbocycles. The van der Waals surface area contributed by atoms with Gasteiger partial charge in [0.1, 0.15) is 0 Å². The number of benzene rings is 1. The van der Waals surface area contributed by atoms with Gasteiger partial charge in [-0.05, 0) is 24.8 Å². The lowest BCUT2D eigenvalue weighted by Gasteiger charge is -2.11. The Balaban J connectivity index is 2.49. The van der Waals surface area contributed by atoms with Crippen molar-refractivity contribution in [1.29, 1.82) is 0 Å². The van der Waals surface area contributed by atoms with Crippen LogP contribution in [0.1, 0.15) is 36.8 Å². The first-order valence-electron chi connectivity index (χ1n) is 5.43. The van der Waals surface area contributed by atoms with Crippen LogP contribution in [0.15, 0.2) is 24.3 Å². The van der Waals surface area contributed by atoms with Crippen molar-refractivity contribution in [3.05, 3.63) is 35.4 Å². The molecular weight excluding hydrogens is 202 g/mol. The number of amides is 2. The third kappa shape index (κ3) is 3.85. The average Bonchev–Trinajstić information content (AvgIpc) is 2.26. The highest BCUT2D eigenvalue weighted by molar-refractivity contribution is 5.85. The Morgan fingerprint density at radius 1 is 1.50 bits per heavy atom. The van der Waals surface area contributed by atoms with Crippen LogP contribution in [0.2, 0.25) is 0 Å². The standard InChI is InChI=1S/C13H17NO2/c1-10-4-3-5-12(8-10)11(2)6-7-13(16)14-9-15/h3-5,8-9,11H,6-7H2,1-2H3,(H,14,15,16). The molecule has 1 aromatic rings. The van der Waals surface area contributed by atoms with Crippen LogP contribution in [0, 0.1) is 6.92 Å². The van der Waals surface area contributed by atoms with Crippen LogP contribution in [-0.4, -0.2) is 12.3 Å². The molecule has 0 fully saturated rings. The van der Waals surface area contributed by atoms with Crippen molar-refractivity contribution in [3.63, 3.8) is 0 Å². The zero-order valence-corrected chi connectivity index (χ0v) is 9.69.